The Kier molecular flexibility index (Phi) is 2.49. The summed E-state index contributed by atoms with van der Waals surface area (Å²) in [6.45, 7) is 4.64. The maximum absolute atomic E-state index is 13.1. The van der Waals surface area contributed by atoms with Crippen LogP contribution in [0.15, 0.2) is 18.2 Å². The van der Waals surface area contributed by atoms with Gasteiger partial charge in [0.1, 0.15) is 5.82 Å². The SMILES string of the molecule is CC(C)c1c(CN)[nH]c2ccc(F)cc12. The van der Waals surface area contributed by atoms with E-state index >= 15 is 0 Å². The topological polar surface area (TPSA) is 41.8 Å². The van der Waals surface area contributed by atoms with Gasteiger partial charge in [-0.05, 0) is 29.7 Å². The Labute approximate surface area is 88.3 Å². The Hall–Kier alpha value is -1.35. The summed E-state index contributed by atoms with van der Waals surface area (Å²) in [6.07, 6.45) is 0. The number of nitrogens with two attached hydrogens (primary N) is 1. The van der Waals surface area contributed by atoms with E-state index in [4.69, 9.17) is 5.73 Å². The van der Waals surface area contributed by atoms with E-state index in [2.05, 4.69) is 18.8 Å². The molecule has 0 saturated heterocycles. The molecule has 0 spiro atoms. The van der Waals surface area contributed by atoms with Crippen molar-refractivity contribution in [2.75, 3.05) is 0 Å². The normalized spacial score (nSPS) is 11.5. The highest BCUT2D eigenvalue weighted by Gasteiger charge is 2.13. The van der Waals surface area contributed by atoms with Crippen molar-refractivity contribution in [3.8, 4) is 0 Å². The fourth-order valence-electron chi connectivity index (χ4n) is 2.06. The van der Waals surface area contributed by atoms with Gasteiger partial charge in [-0.1, -0.05) is 13.8 Å². The average molecular weight is 206 g/mol. The molecule has 3 heteroatoms. The molecule has 1 heterocycles. The number of aromatic amines is 1. The molecule has 0 aliphatic carbocycles. The number of nitrogens with one attached hydrogen (secondary N) is 1. The number of hydrogen-bond donors (Lipinski definition) is 2. The smallest absolute Gasteiger partial charge is 0.123 e. The Morgan fingerprint density at radius 2 is 2.13 bits per heavy atom. The minimum atomic E-state index is -0.202. The molecule has 80 valence electrons. The number of rotatable bonds is 2. The number of H-pyrrole nitrogens is 1. The van der Waals surface area contributed by atoms with Crippen molar-refractivity contribution in [2.45, 2.75) is 26.3 Å². The lowest BCUT2D eigenvalue weighted by molar-refractivity contribution is 0.629. The van der Waals surface area contributed by atoms with Crippen molar-refractivity contribution < 1.29 is 4.39 Å². The van der Waals surface area contributed by atoms with E-state index in [0.29, 0.717) is 12.5 Å². The molecule has 2 nitrogen and oxygen atoms in total. The summed E-state index contributed by atoms with van der Waals surface area (Å²) in [4.78, 5) is 3.23. The quantitative estimate of drug-likeness (QED) is 0.779. The van der Waals surface area contributed by atoms with Crippen molar-refractivity contribution in [1.29, 1.82) is 0 Å². The van der Waals surface area contributed by atoms with E-state index in [9.17, 15) is 4.39 Å². The molecule has 2 aromatic rings. The van der Waals surface area contributed by atoms with Gasteiger partial charge in [0.05, 0.1) is 0 Å². The lowest BCUT2D eigenvalue weighted by Gasteiger charge is -2.06. The third kappa shape index (κ3) is 1.63. The first-order chi connectivity index (χ1) is 7.13. The molecule has 0 saturated carbocycles. The molecule has 3 N–H and O–H groups in total. The van der Waals surface area contributed by atoms with Crippen LogP contribution in [0.5, 0.6) is 0 Å². The van der Waals surface area contributed by atoms with Crippen LogP contribution in [-0.4, -0.2) is 4.98 Å². The second-order valence-corrected chi connectivity index (χ2v) is 4.07. The van der Waals surface area contributed by atoms with E-state index < -0.39 is 0 Å². The van der Waals surface area contributed by atoms with Crippen LogP contribution in [0.25, 0.3) is 10.9 Å². The minimum absolute atomic E-state index is 0.202. The molecule has 0 amide bonds. The van der Waals surface area contributed by atoms with Crippen molar-refractivity contribution in [3.05, 3.63) is 35.3 Å². The lowest BCUT2D eigenvalue weighted by atomic mass is 9.99. The molecule has 0 aliphatic rings. The molecule has 2 rings (SSSR count). The highest BCUT2D eigenvalue weighted by molar-refractivity contribution is 5.85. The van der Waals surface area contributed by atoms with Gasteiger partial charge in [0.2, 0.25) is 0 Å². The molecule has 15 heavy (non-hydrogen) atoms. The number of halogens is 1. The highest BCUT2D eigenvalue weighted by atomic mass is 19.1. The first-order valence-corrected chi connectivity index (χ1v) is 5.13. The molecule has 0 aliphatic heterocycles. The van der Waals surface area contributed by atoms with Crippen molar-refractivity contribution in [1.82, 2.24) is 4.98 Å². The summed E-state index contributed by atoms with van der Waals surface area (Å²) in [7, 11) is 0. The summed E-state index contributed by atoms with van der Waals surface area (Å²) in [5.41, 5.74) is 8.76. The fourth-order valence-corrected chi connectivity index (χ4v) is 2.06. The first kappa shape index (κ1) is 10.2. The molecule has 1 aromatic carbocycles. The first-order valence-electron chi connectivity index (χ1n) is 5.13. The largest absolute Gasteiger partial charge is 0.357 e. The van der Waals surface area contributed by atoms with Gasteiger partial charge in [-0.15, -0.1) is 0 Å². The Bertz CT molecular complexity index is 486. The van der Waals surface area contributed by atoms with Crippen LogP contribution in [0.1, 0.15) is 31.0 Å². The molecule has 0 atom stereocenters. The summed E-state index contributed by atoms with van der Waals surface area (Å²) in [6, 6.07) is 4.79. The van der Waals surface area contributed by atoms with Crippen LogP contribution in [0, 0.1) is 5.82 Å². The van der Waals surface area contributed by atoms with E-state index in [1.807, 2.05) is 0 Å². The van der Waals surface area contributed by atoms with Gasteiger partial charge in [0.15, 0.2) is 0 Å². The van der Waals surface area contributed by atoms with Gasteiger partial charge in [-0.2, -0.15) is 0 Å². The Balaban J connectivity index is 2.76. The molecule has 0 radical (unpaired) electrons. The highest BCUT2D eigenvalue weighted by Crippen LogP contribution is 2.29. The van der Waals surface area contributed by atoms with Crippen LogP contribution in [0.3, 0.4) is 0 Å². The van der Waals surface area contributed by atoms with Crippen LogP contribution in [0.4, 0.5) is 4.39 Å². The standard InChI is InChI=1S/C12H15FN2/c1-7(2)12-9-5-8(13)3-4-10(9)15-11(12)6-14/h3-5,7,15H,6,14H2,1-2H3. The second kappa shape index (κ2) is 3.66. The third-order valence-corrected chi connectivity index (χ3v) is 2.66. The Morgan fingerprint density at radius 1 is 1.40 bits per heavy atom. The summed E-state index contributed by atoms with van der Waals surface area (Å²) in [5.74, 6) is 0.145. The summed E-state index contributed by atoms with van der Waals surface area (Å²) >= 11 is 0. The maximum Gasteiger partial charge on any atom is 0.123 e. The van der Waals surface area contributed by atoms with Crippen molar-refractivity contribution in [3.63, 3.8) is 0 Å². The van der Waals surface area contributed by atoms with Crippen LogP contribution < -0.4 is 5.73 Å². The van der Waals surface area contributed by atoms with Gasteiger partial charge < -0.3 is 10.7 Å². The predicted molar refractivity (Wildman–Crippen MR) is 60.2 cm³/mol. The van der Waals surface area contributed by atoms with Gasteiger partial charge in [0, 0.05) is 23.1 Å². The molecule has 0 bridgehead atoms. The second-order valence-electron chi connectivity index (χ2n) is 4.07. The lowest BCUT2D eigenvalue weighted by Crippen LogP contribution is -2.01. The fraction of sp³-hybridized carbons (Fsp3) is 0.333. The van der Waals surface area contributed by atoms with E-state index in [-0.39, 0.29) is 5.82 Å². The molecule has 1 aromatic heterocycles. The number of aromatic nitrogens is 1. The molecule has 0 unspecified atom stereocenters. The van der Waals surface area contributed by atoms with Gasteiger partial charge in [-0.3, -0.25) is 0 Å². The van der Waals surface area contributed by atoms with Crippen molar-refractivity contribution >= 4 is 10.9 Å². The number of benzene rings is 1. The predicted octanol–water partition coefficient (Wildman–Crippen LogP) is 2.89. The molecular weight excluding hydrogens is 191 g/mol. The zero-order valence-electron chi connectivity index (χ0n) is 8.97. The monoisotopic (exact) mass is 206 g/mol. The van der Waals surface area contributed by atoms with Crippen molar-refractivity contribution in [2.24, 2.45) is 5.73 Å². The number of fused-ring (bicyclic) bond motifs is 1. The zero-order valence-corrected chi connectivity index (χ0v) is 8.97. The van der Waals surface area contributed by atoms with E-state index in [0.717, 1.165) is 22.2 Å². The number of hydrogen-bond acceptors (Lipinski definition) is 1. The third-order valence-electron chi connectivity index (χ3n) is 2.66. The summed E-state index contributed by atoms with van der Waals surface area (Å²) in [5, 5.41) is 0.949. The zero-order chi connectivity index (χ0) is 11.0. The van der Waals surface area contributed by atoms with Crippen LogP contribution in [0.2, 0.25) is 0 Å². The molecule has 0 fully saturated rings. The molecular formula is C12H15FN2. The Morgan fingerprint density at radius 3 is 2.73 bits per heavy atom. The van der Waals surface area contributed by atoms with Gasteiger partial charge in [0.25, 0.3) is 0 Å². The van der Waals surface area contributed by atoms with Crippen LogP contribution >= 0.6 is 0 Å². The maximum atomic E-state index is 13.1. The summed E-state index contributed by atoms with van der Waals surface area (Å²) < 4.78 is 13.1. The van der Waals surface area contributed by atoms with Gasteiger partial charge >= 0.3 is 0 Å². The van der Waals surface area contributed by atoms with E-state index in [1.54, 1.807) is 12.1 Å². The van der Waals surface area contributed by atoms with Crippen LogP contribution in [-0.2, 0) is 6.54 Å². The van der Waals surface area contributed by atoms with Gasteiger partial charge in [-0.25, -0.2) is 4.39 Å². The minimum Gasteiger partial charge on any atom is -0.357 e. The van der Waals surface area contributed by atoms with E-state index in [1.165, 1.54) is 6.07 Å². The average Bonchev–Trinajstić information content (AvgIpc) is 2.55.